The van der Waals surface area contributed by atoms with E-state index in [0.717, 1.165) is 12.1 Å². The van der Waals surface area contributed by atoms with Gasteiger partial charge in [-0.05, 0) is 17.1 Å². The van der Waals surface area contributed by atoms with Gasteiger partial charge in [0.15, 0.2) is 0 Å². The number of benzene rings is 1. The van der Waals surface area contributed by atoms with Gasteiger partial charge < -0.3 is 0 Å². The van der Waals surface area contributed by atoms with Crippen LogP contribution in [0.15, 0.2) is 24.3 Å². The molecule has 3 heteroatoms. The molecule has 0 amide bonds. The van der Waals surface area contributed by atoms with Crippen LogP contribution in [0.2, 0.25) is 0 Å². The lowest BCUT2D eigenvalue weighted by molar-refractivity contribution is 1.16. The Morgan fingerprint density at radius 2 is 2.17 bits per heavy atom. The molecular weight excluding hydrogens is 168 g/mol. The maximum Gasteiger partial charge on any atom is 0.109 e. The van der Waals surface area contributed by atoms with Crippen molar-refractivity contribution < 1.29 is 0 Å². The van der Waals surface area contributed by atoms with Crippen molar-refractivity contribution in [3.63, 3.8) is 0 Å². The van der Waals surface area contributed by atoms with E-state index in [0.29, 0.717) is 0 Å². The number of hydrogen-bond donors (Lipinski definition) is 0. The summed E-state index contributed by atoms with van der Waals surface area (Å²) in [5, 5.41) is 4.11. The Morgan fingerprint density at radius 1 is 1.25 bits per heavy atom. The third kappa shape index (κ3) is 0.689. The first-order chi connectivity index (χ1) is 5.95. The standard InChI is InChI=1S/C9H6N2S/c1-2-4-7-6(3-1)5-8-9(7)10-11-12-8/h1-4H,5H2. The monoisotopic (exact) mass is 174 g/mol. The first-order valence-electron chi connectivity index (χ1n) is 3.84. The van der Waals surface area contributed by atoms with Gasteiger partial charge in [0.1, 0.15) is 5.69 Å². The van der Waals surface area contributed by atoms with Crippen molar-refractivity contribution in [2.24, 2.45) is 0 Å². The second kappa shape index (κ2) is 2.14. The highest BCUT2D eigenvalue weighted by molar-refractivity contribution is 7.06. The second-order valence-electron chi connectivity index (χ2n) is 2.88. The van der Waals surface area contributed by atoms with Crippen molar-refractivity contribution in [1.82, 2.24) is 9.59 Å². The average Bonchev–Trinajstić information content (AvgIpc) is 2.62. The lowest BCUT2D eigenvalue weighted by atomic mass is 10.1. The molecule has 2 aromatic rings. The van der Waals surface area contributed by atoms with E-state index in [1.807, 2.05) is 6.07 Å². The van der Waals surface area contributed by atoms with Crippen molar-refractivity contribution in [2.75, 3.05) is 0 Å². The summed E-state index contributed by atoms with van der Waals surface area (Å²) in [6.07, 6.45) is 1.02. The second-order valence-corrected chi connectivity index (χ2v) is 3.72. The molecule has 0 fully saturated rings. The van der Waals surface area contributed by atoms with Crippen LogP contribution in [0.3, 0.4) is 0 Å². The SMILES string of the molecule is c1ccc2c(c1)Cc1snnc1-2. The molecule has 0 radical (unpaired) electrons. The number of rotatable bonds is 0. The molecule has 0 saturated carbocycles. The highest BCUT2D eigenvalue weighted by Crippen LogP contribution is 2.35. The van der Waals surface area contributed by atoms with Crippen LogP contribution in [-0.2, 0) is 6.42 Å². The normalized spacial score (nSPS) is 12.7. The van der Waals surface area contributed by atoms with Crippen molar-refractivity contribution in [2.45, 2.75) is 6.42 Å². The van der Waals surface area contributed by atoms with E-state index in [1.165, 1.54) is 27.5 Å². The van der Waals surface area contributed by atoms with Gasteiger partial charge in [-0.15, -0.1) is 5.10 Å². The van der Waals surface area contributed by atoms with Gasteiger partial charge in [0.2, 0.25) is 0 Å². The van der Waals surface area contributed by atoms with Gasteiger partial charge >= 0.3 is 0 Å². The lowest BCUT2D eigenvalue weighted by Crippen LogP contribution is -1.78. The van der Waals surface area contributed by atoms with Crippen LogP contribution >= 0.6 is 11.5 Å². The molecule has 3 rings (SSSR count). The van der Waals surface area contributed by atoms with E-state index >= 15 is 0 Å². The van der Waals surface area contributed by atoms with Crippen molar-refractivity contribution in [1.29, 1.82) is 0 Å². The smallest absolute Gasteiger partial charge is 0.109 e. The van der Waals surface area contributed by atoms with E-state index in [4.69, 9.17) is 0 Å². The summed E-state index contributed by atoms with van der Waals surface area (Å²) in [5.41, 5.74) is 3.74. The number of nitrogens with zero attached hydrogens (tertiary/aromatic N) is 2. The van der Waals surface area contributed by atoms with E-state index in [9.17, 15) is 0 Å². The average molecular weight is 174 g/mol. The molecule has 1 aliphatic carbocycles. The first-order valence-corrected chi connectivity index (χ1v) is 4.62. The van der Waals surface area contributed by atoms with Crippen LogP contribution in [0.4, 0.5) is 0 Å². The van der Waals surface area contributed by atoms with Crippen LogP contribution in [0.25, 0.3) is 11.3 Å². The summed E-state index contributed by atoms with van der Waals surface area (Å²) in [7, 11) is 0. The van der Waals surface area contributed by atoms with E-state index in [2.05, 4.69) is 27.8 Å². The zero-order valence-corrected chi connectivity index (χ0v) is 7.14. The Morgan fingerprint density at radius 3 is 3.17 bits per heavy atom. The van der Waals surface area contributed by atoms with Gasteiger partial charge in [-0.25, -0.2) is 0 Å². The molecule has 0 aliphatic heterocycles. The summed E-state index contributed by atoms with van der Waals surface area (Å²) in [4.78, 5) is 1.30. The van der Waals surface area contributed by atoms with Gasteiger partial charge in [-0.3, -0.25) is 0 Å². The fourth-order valence-corrected chi connectivity index (χ4v) is 2.29. The Kier molecular flexibility index (Phi) is 1.12. The van der Waals surface area contributed by atoms with Crippen LogP contribution in [0.5, 0.6) is 0 Å². The maximum atomic E-state index is 4.11. The van der Waals surface area contributed by atoms with Gasteiger partial charge in [0.05, 0.1) is 4.88 Å². The van der Waals surface area contributed by atoms with Crippen molar-refractivity contribution in [3.8, 4) is 11.3 Å². The van der Waals surface area contributed by atoms with Crippen LogP contribution < -0.4 is 0 Å². The van der Waals surface area contributed by atoms with Crippen molar-refractivity contribution in [3.05, 3.63) is 34.7 Å². The van der Waals surface area contributed by atoms with Crippen LogP contribution in [0, 0.1) is 0 Å². The predicted octanol–water partition coefficient (Wildman–Crippen LogP) is 2.11. The topological polar surface area (TPSA) is 25.8 Å². The Labute approximate surface area is 74.0 Å². The fraction of sp³-hybridized carbons (Fsp3) is 0.111. The fourth-order valence-electron chi connectivity index (χ4n) is 1.61. The Balaban J connectivity index is 2.34. The minimum atomic E-state index is 1.02. The molecule has 1 heterocycles. The summed E-state index contributed by atoms with van der Waals surface area (Å²) < 4.78 is 3.93. The minimum absolute atomic E-state index is 1.02. The lowest BCUT2D eigenvalue weighted by Gasteiger charge is -1.94. The van der Waals surface area contributed by atoms with E-state index < -0.39 is 0 Å². The maximum absolute atomic E-state index is 4.11. The minimum Gasteiger partial charge on any atom is -0.138 e. The molecular formula is C9H6N2S. The van der Waals surface area contributed by atoms with Gasteiger partial charge in [-0.2, -0.15) is 0 Å². The molecule has 0 unspecified atom stereocenters. The molecule has 2 nitrogen and oxygen atoms in total. The van der Waals surface area contributed by atoms with Gasteiger partial charge in [0, 0.05) is 12.0 Å². The molecule has 0 N–H and O–H groups in total. The molecule has 58 valence electrons. The summed E-state index contributed by atoms with van der Waals surface area (Å²) >= 11 is 1.51. The third-order valence-corrected chi connectivity index (χ3v) is 2.90. The quantitative estimate of drug-likeness (QED) is 0.521. The highest BCUT2D eigenvalue weighted by Gasteiger charge is 2.20. The van der Waals surface area contributed by atoms with Crippen molar-refractivity contribution >= 4 is 11.5 Å². The highest BCUT2D eigenvalue weighted by atomic mass is 32.1. The van der Waals surface area contributed by atoms with Crippen LogP contribution in [-0.4, -0.2) is 9.59 Å². The summed E-state index contributed by atoms with van der Waals surface area (Å²) in [6, 6.07) is 8.39. The molecule has 12 heavy (non-hydrogen) atoms. The summed E-state index contributed by atoms with van der Waals surface area (Å²) in [5.74, 6) is 0. The third-order valence-electron chi connectivity index (χ3n) is 2.18. The van der Waals surface area contributed by atoms with Gasteiger partial charge in [-0.1, -0.05) is 28.8 Å². The van der Waals surface area contributed by atoms with E-state index in [1.54, 1.807) is 0 Å². The predicted molar refractivity (Wildman–Crippen MR) is 48.2 cm³/mol. The molecule has 1 aliphatic rings. The summed E-state index contributed by atoms with van der Waals surface area (Å²) in [6.45, 7) is 0. The zero-order chi connectivity index (χ0) is 7.97. The number of hydrogen-bond acceptors (Lipinski definition) is 3. The molecule has 0 saturated heterocycles. The first kappa shape index (κ1) is 6.31. The Bertz CT molecular complexity index is 434. The molecule has 0 atom stereocenters. The number of fused-ring (bicyclic) bond motifs is 3. The van der Waals surface area contributed by atoms with Gasteiger partial charge in [0.25, 0.3) is 0 Å². The Hall–Kier alpha value is -1.22. The molecule has 0 bridgehead atoms. The zero-order valence-electron chi connectivity index (χ0n) is 6.32. The number of aromatic nitrogens is 2. The molecule has 1 aromatic carbocycles. The molecule has 1 aromatic heterocycles. The molecule has 0 spiro atoms. The van der Waals surface area contributed by atoms with Crippen LogP contribution in [0.1, 0.15) is 10.4 Å². The largest absolute Gasteiger partial charge is 0.138 e. The van der Waals surface area contributed by atoms with E-state index in [-0.39, 0.29) is 0 Å².